The van der Waals surface area contributed by atoms with Crippen molar-refractivity contribution in [3.8, 4) is 5.75 Å². The molecule has 1 aromatic rings. The highest BCUT2D eigenvalue weighted by atomic mass is 16.5. The van der Waals surface area contributed by atoms with Gasteiger partial charge in [-0.2, -0.15) is 0 Å². The number of hydrogen-bond acceptors (Lipinski definition) is 3. The van der Waals surface area contributed by atoms with Crippen molar-refractivity contribution in [3.05, 3.63) is 24.3 Å². The molecule has 4 nitrogen and oxygen atoms in total. The minimum absolute atomic E-state index is 0.0120. The lowest BCUT2D eigenvalue weighted by Crippen LogP contribution is -2.40. The van der Waals surface area contributed by atoms with E-state index < -0.39 is 0 Å². The van der Waals surface area contributed by atoms with Gasteiger partial charge in [0.2, 0.25) is 5.91 Å². The van der Waals surface area contributed by atoms with E-state index in [1.165, 1.54) is 0 Å². The molecule has 20 heavy (non-hydrogen) atoms. The molecule has 1 aromatic carbocycles. The molecule has 2 rings (SSSR count). The highest BCUT2D eigenvalue weighted by molar-refractivity contribution is 5.91. The van der Waals surface area contributed by atoms with Gasteiger partial charge >= 0.3 is 0 Å². The second-order valence-corrected chi connectivity index (χ2v) is 5.67. The van der Waals surface area contributed by atoms with E-state index in [9.17, 15) is 4.79 Å². The van der Waals surface area contributed by atoms with E-state index in [4.69, 9.17) is 10.5 Å². The van der Waals surface area contributed by atoms with Crippen LogP contribution in [0.15, 0.2) is 24.3 Å². The van der Waals surface area contributed by atoms with Crippen molar-refractivity contribution in [2.24, 2.45) is 5.73 Å². The van der Waals surface area contributed by atoms with Crippen molar-refractivity contribution in [3.63, 3.8) is 0 Å². The molecule has 1 amide bonds. The van der Waals surface area contributed by atoms with Crippen LogP contribution in [0.2, 0.25) is 0 Å². The van der Waals surface area contributed by atoms with E-state index >= 15 is 0 Å². The monoisotopic (exact) mass is 276 g/mol. The van der Waals surface area contributed by atoms with E-state index in [1.807, 2.05) is 24.3 Å². The predicted octanol–water partition coefficient (Wildman–Crippen LogP) is 3.08. The summed E-state index contributed by atoms with van der Waals surface area (Å²) in [4.78, 5) is 12.1. The van der Waals surface area contributed by atoms with Gasteiger partial charge in [0, 0.05) is 23.7 Å². The molecular formula is C16H24N2O2. The third kappa shape index (κ3) is 4.23. The van der Waals surface area contributed by atoms with Gasteiger partial charge in [-0.05, 0) is 31.4 Å². The average Bonchev–Trinajstić information content (AvgIpc) is 2.83. The molecule has 0 radical (unpaired) electrons. The van der Waals surface area contributed by atoms with E-state index in [0.717, 1.165) is 43.5 Å². The number of hydrogen-bond donors (Lipinski definition) is 2. The molecule has 0 aliphatic heterocycles. The molecule has 1 aliphatic rings. The van der Waals surface area contributed by atoms with E-state index in [1.54, 1.807) is 0 Å². The van der Waals surface area contributed by atoms with E-state index in [2.05, 4.69) is 12.2 Å². The van der Waals surface area contributed by atoms with Crippen molar-refractivity contribution in [2.75, 3.05) is 11.9 Å². The lowest BCUT2D eigenvalue weighted by atomic mass is 9.94. The Morgan fingerprint density at radius 1 is 1.40 bits per heavy atom. The maximum absolute atomic E-state index is 12.1. The maximum atomic E-state index is 12.1. The molecule has 0 unspecified atom stereocenters. The van der Waals surface area contributed by atoms with Crippen molar-refractivity contribution < 1.29 is 9.53 Å². The largest absolute Gasteiger partial charge is 0.494 e. The van der Waals surface area contributed by atoms with Crippen LogP contribution < -0.4 is 15.8 Å². The van der Waals surface area contributed by atoms with Crippen LogP contribution in [-0.2, 0) is 4.79 Å². The SMILES string of the molecule is CCCOc1cccc(NC(=O)CC2(N)CCCC2)c1. The molecule has 0 bridgehead atoms. The molecule has 0 heterocycles. The van der Waals surface area contributed by atoms with Gasteiger partial charge in [0.05, 0.1) is 6.61 Å². The first-order valence-electron chi connectivity index (χ1n) is 7.43. The van der Waals surface area contributed by atoms with Crippen LogP contribution in [0.25, 0.3) is 0 Å². The van der Waals surface area contributed by atoms with Gasteiger partial charge in [-0.3, -0.25) is 4.79 Å². The summed E-state index contributed by atoms with van der Waals surface area (Å²) in [5, 5.41) is 2.91. The van der Waals surface area contributed by atoms with Crippen LogP contribution in [0.4, 0.5) is 5.69 Å². The van der Waals surface area contributed by atoms with Gasteiger partial charge in [-0.15, -0.1) is 0 Å². The standard InChI is InChI=1S/C16H24N2O2/c1-2-10-20-14-7-5-6-13(11-14)18-15(19)12-16(17)8-3-4-9-16/h5-7,11H,2-4,8-10,12,17H2,1H3,(H,18,19). The smallest absolute Gasteiger partial charge is 0.226 e. The van der Waals surface area contributed by atoms with E-state index in [-0.39, 0.29) is 11.4 Å². The summed E-state index contributed by atoms with van der Waals surface area (Å²) in [6.45, 7) is 2.75. The molecular weight excluding hydrogens is 252 g/mol. The fraction of sp³-hybridized carbons (Fsp3) is 0.562. The first-order valence-corrected chi connectivity index (χ1v) is 7.43. The molecule has 0 saturated heterocycles. The third-order valence-corrected chi connectivity index (χ3v) is 3.70. The van der Waals surface area contributed by atoms with Crippen LogP contribution >= 0.6 is 0 Å². The Bertz CT molecular complexity index is 454. The molecule has 3 N–H and O–H groups in total. The van der Waals surface area contributed by atoms with Gasteiger partial charge in [-0.25, -0.2) is 0 Å². The Morgan fingerprint density at radius 3 is 2.85 bits per heavy atom. The molecule has 0 spiro atoms. The van der Waals surface area contributed by atoms with Gasteiger partial charge in [0.1, 0.15) is 5.75 Å². The minimum atomic E-state index is -0.305. The number of nitrogens with two attached hydrogens (primary N) is 1. The number of rotatable bonds is 6. The second kappa shape index (κ2) is 6.75. The number of carbonyl (C=O) groups is 1. The molecule has 0 aromatic heterocycles. The summed E-state index contributed by atoms with van der Waals surface area (Å²) in [5.74, 6) is 0.773. The second-order valence-electron chi connectivity index (χ2n) is 5.67. The van der Waals surface area contributed by atoms with Crippen molar-refractivity contribution in [1.29, 1.82) is 0 Å². The summed E-state index contributed by atoms with van der Waals surface area (Å²) >= 11 is 0. The van der Waals surface area contributed by atoms with Crippen LogP contribution in [0.5, 0.6) is 5.75 Å². The number of ether oxygens (including phenoxy) is 1. The molecule has 1 aliphatic carbocycles. The molecule has 110 valence electrons. The normalized spacial score (nSPS) is 16.9. The zero-order valence-corrected chi connectivity index (χ0v) is 12.2. The number of carbonyl (C=O) groups excluding carboxylic acids is 1. The van der Waals surface area contributed by atoms with Gasteiger partial charge in [-0.1, -0.05) is 25.8 Å². The van der Waals surface area contributed by atoms with Crippen LogP contribution in [0, 0.1) is 0 Å². The molecule has 0 atom stereocenters. The number of benzene rings is 1. The topological polar surface area (TPSA) is 64.3 Å². The zero-order chi connectivity index (χ0) is 14.4. The van der Waals surface area contributed by atoms with E-state index in [0.29, 0.717) is 13.0 Å². The van der Waals surface area contributed by atoms with Crippen LogP contribution in [0.3, 0.4) is 0 Å². The summed E-state index contributed by atoms with van der Waals surface area (Å²) in [7, 11) is 0. The average molecular weight is 276 g/mol. The summed E-state index contributed by atoms with van der Waals surface area (Å²) in [6.07, 6.45) is 5.51. The maximum Gasteiger partial charge on any atom is 0.226 e. The predicted molar refractivity (Wildman–Crippen MR) is 80.9 cm³/mol. The third-order valence-electron chi connectivity index (χ3n) is 3.70. The van der Waals surface area contributed by atoms with Gasteiger partial charge in [0.15, 0.2) is 0 Å². The molecule has 1 fully saturated rings. The highest BCUT2D eigenvalue weighted by Gasteiger charge is 2.31. The van der Waals surface area contributed by atoms with Gasteiger partial charge in [0.25, 0.3) is 0 Å². The quantitative estimate of drug-likeness (QED) is 0.839. The van der Waals surface area contributed by atoms with Gasteiger partial charge < -0.3 is 15.8 Å². The van der Waals surface area contributed by atoms with Crippen LogP contribution in [-0.4, -0.2) is 18.1 Å². The fourth-order valence-electron chi connectivity index (χ4n) is 2.66. The first-order chi connectivity index (χ1) is 9.61. The first kappa shape index (κ1) is 14.9. The minimum Gasteiger partial charge on any atom is -0.494 e. The highest BCUT2D eigenvalue weighted by Crippen LogP contribution is 2.30. The van der Waals surface area contributed by atoms with Crippen LogP contribution in [0.1, 0.15) is 45.4 Å². The Balaban J connectivity index is 1.90. The lowest BCUT2D eigenvalue weighted by Gasteiger charge is -2.22. The summed E-state index contributed by atoms with van der Waals surface area (Å²) in [5.41, 5.74) is 6.69. The van der Waals surface area contributed by atoms with Crippen molar-refractivity contribution in [2.45, 2.75) is 51.0 Å². The Morgan fingerprint density at radius 2 is 2.15 bits per heavy atom. The Kier molecular flexibility index (Phi) is 5.01. The number of nitrogens with one attached hydrogen (secondary N) is 1. The van der Waals surface area contributed by atoms with Crippen molar-refractivity contribution >= 4 is 11.6 Å². The zero-order valence-electron chi connectivity index (χ0n) is 12.2. The molecule has 4 heteroatoms. The van der Waals surface area contributed by atoms with Crippen molar-refractivity contribution in [1.82, 2.24) is 0 Å². The number of amides is 1. The summed E-state index contributed by atoms with van der Waals surface area (Å²) < 4.78 is 5.55. The fourth-order valence-corrected chi connectivity index (χ4v) is 2.66. The lowest BCUT2D eigenvalue weighted by molar-refractivity contribution is -0.117. The Labute approximate surface area is 120 Å². The summed E-state index contributed by atoms with van der Waals surface area (Å²) in [6, 6.07) is 7.50. The Hall–Kier alpha value is -1.55. The molecule has 1 saturated carbocycles. The number of anilines is 1.